The van der Waals surface area contributed by atoms with Crippen molar-refractivity contribution in [2.45, 2.75) is 30.3 Å². The monoisotopic (exact) mass is 258 g/mol. The highest BCUT2D eigenvalue weighted by Gasteiger charge is 2.29. The van der Waals surface area contributed by atoms with Crippen LogP contribution in [0.3, 0.4) is 0 Å². The largest absolute Gasteiger partial charge is 0.298 e. The minimum absolute atomic E-state index is 0.0853. The second kappa shape index (κ2) is 4.76. The highest BCUT2D eigenvalue weighted by molar-refractivity contribution is 8.01. The van der Waals surface area contributed by atoms with Gasteiger partial charge in [0, 0.05) is 11.7 Å². The van der Waals surface area contributed by atoms with E-state index in [0.717, 1.165) is 12.0 Å². The summed E-state index contributed by atoms with van der Waals surface area (Å²) in [5.74, 6) is -0.0917. The molecule has 2 rings (SSSR count). The van der Waals surface area contributed by atoms with Gasteiger partial charge < -0.3 is 0 Å². The van der Waals surface area contributed by atoms with Crippen molar-refractivity contribution in [3.05, 3.63) is 34.6 Å². The van der Waals surface area contributed by atoms with E-state index >= 15 is 0 Å². The zero-order valence-corrected chi connectivity index (χ0v) is 10.4. The van der Waals surface area contributed by atoms with Crippen LogP contribution in [-0.2, 0) is 11.2 Å². The number of Topliss-reactive ketones (excluding diaryl/α,β-unsaturated/α-hetero) is 1. The van der Waals surface area contributed by atoms with E-state index in [-0.39, 0.29) is 21.3 Å². The Balaban J connectivity index is 2.05. The number of thioether (sulfide) groups is 1. The van der Waals surface area contributed by atoms with Gasteiger partial charge >= 0.3 is 0 Å². The lowest BCUT2D eigenvalue weighted by atomic mass is 10.1. The first-order chi connectivity index (χ1) is 7.56. The van der Waals surface area contributed by atoms with Gasteiger partial charge in [-0.1, -0.05) is 17.7 Å². The minimum Gasteiger partial charge on any atom is -0.298 e. The molecular weight excluding hydrogens is 247 g/mol. The number of carbonyl (C=O) groups is 1. The summed E-state index contributed by atoms with van der Waals surface area (Å²) >= 11 is 7.28. The zero-order chi connectivity index (χ0) is 11.7. The van der Waals surface area contributed by atoms with E-state index in [1.165, 1.54) is 6.07 Å². The third-order valence-corrected chi connectivity index (χ3v) is 4.42. The second-order valence-electron chi connectivity index (χ2n) is 4.02. The quantitative estimate of drug-likeness (QED) is 0.808. The van der Waals surface area contributed by atoms with Crippen molar-refractivity contribution in [2.24, 2.45) is 0 Å². The molecule has 0 aromatic heterocycles. The number of ketones is 1. The maximum absolute atomic E-state index is 13.2. The summed E-state index contributed by atoms with van der Waals surface area (Å²) < 4.78 is 13.2. The van der Waals surface area contributed by atoms with Crippen molar-refractivity contribution in [3.8, 4) is 0 Å². The lowest BCUT2D eigenvalue weighted by Crippen LogP contribution is -2.05. The van der Waals surface area contributed by atoms with E-state index in [2.05, 4.69) is 0 Å². The number of hydrogen-bond donors (Lipinski definition) is 0. The molecular formula is C12H12ClFOS. The molecule has 0 amide bonds. The predicted octanol–water partition coefficient (Wildman–Crippen LogP) is 3.48. The standard InChI is InChI=1S/C12H12ClFOS/c1-7-12(15)6-9(16-7)4-8-2-3-10(13)11(14)5-8/h2-3,5,7,9H,4,6H2,1H3. The maximum atomic E-state index is 13.2. The Bertz CT molecular complexity index is 421. The van der Waals surface area contributed by atoms with Crippen LogP contribution in [0.2, 0.25) is 5.02 Å². The molecule has 0 saturated carbocycles. The number of carbonyl (C=O) groups excluding carboxylic acids is 1. The molecule has 86 valence electrons. The van der Waals surface area contributed by atoms with E-state index in [1.54, 1.807) is 17.8 Å². The lowest BCUT2D eigenvalue weighted by Gasteiger charge is -2.08. The van der Waals surface area contributed by atoms with Gasteiger partial charge in [-0.05, 0) is 31.0 Å². The van der Waals surface area contributed by atoms with Gasteiger partial charge in [0.1, 0.15) is 11.6 Å². The molecule has 1 aromatic carbocycles. The molecule has 0 radical (unpaired) electrons. The van der Waals surface area contributed by atoms with E-state index in [0.29, 0.717) is 12.2 Å². The maximum Gasteiger partial charge on any atom is 0.146 e. The Morgan fingerprint density at radius 2 is 2.31 bits per heavy atom. The van der Waals surface area contributed by atoms with Crippen molar-refractivity contribution < 1.29 is 9.18 Å². The van der Waals surface area contributed by atoms with Crippen molar-refractivity contribution in [2.75, 3.05) is 0 Å². The molecule has 1 aliphatic rings. The first-order valence-electron chi connectivity index (χ1n) is 5.18. The number of halogens is 2. The Hall–Kier alpha value is -0.540. The van der Waals surface area contributed by atoms with Crippen LogP contribution >= 0.6 is 23.4 Å². The molecule has 0 spiro atoms. The first kappa shape index (κ1) is 11.9. The van der Waals surface area contributed by atoms with Gasteiger partial charge in [0.05, 0.1) is 10.3 Å². The average Bonchev–Trinajstić information content (AvgIpc) is 2.52. The molecule has 2 unspecified atom stereocenters. The fraction of sp³-hybridized carbons (Fsp3) is 0.417. The molecule has 0 N–H and O–H groups in total. The minimum atomic E-state index is -0.387. The molecule has 16 heavy (non-hydrogen) atoms. The third kappa shape index (κ3) is 2.58. The van der Waals surface area contributed by atoms with Crippen molar-refractivity contribution in [1.82, 2.24) is 0 Å². The Morgan fingerprint density at radius 1 is 1.56 bits per heavy atom. The molecule has 1 aromatic rings. The van der Waals surface area contributed by atoms with Gasteiger partial charge in [-0.2, -0.15) is 0 Å². The molecule has 1 saturated heterocycles. The first-order valence-corrected chi connectivity index (χ1v) is 6.50. The van der Waals surface area contributed by atoms with Crippen molar-refractivity contribution >= 4 is 29.1 Å². The van der Waals surface area contributed by atoms with E-state index < -0.39 is 0 Å². The SMILES string of the molecule is CC1SC(Cc2ccc(Cl)c(F)c2)CC1=O. The van der Waals surface area contributed by atoms with Crippen LogP contribution in [-0.4, -0.2) is 16.3 Å². The van der Waals surface area contributed by atoms with Crippen LogP contribution in [0, 0.1) is 5.82 Å². The smallest absolute Gasteiger partial charge is 0.146 e. The van der Waals surface area contributed by atoms with E-state index in [9.17, 15) is 9.18 Å². The highest BCUT2D eigenvalue weighted by atomic mass is 35.5. The highest BCUT2D eigenvalue weighted by Crippen LogP contribution is 2.33. The molecule has 1 aliphatic heterocycles. The fourth-order valence-corrected chi connectivity index (χ4v) is 3.34. The van der Waals surface area contributed by atoms with Gasteiger partial charge in [-0.15, -0.1) is 11.8 Å². The fourth-order valence-electron chi connectivity index (χ4n) is 1.85. The molecule has 2 atom stereocenters. The van der Waals surface area contributed by atoms with Crippen LogP contribution in [0.4, 0.5) is 4.39 Å². The Labute approximate surface area is 103 Å². The van der Waals surface area contributed by atoms with Crippen LogP contribution in [0.5, 0.6) is 0 Å². The molecule has 1 nitrogen and oxygen atoms in total. The van der Waals surface area contributed by atoms with Crippen LogP contribution in [0.25, 0.3) is 0 Å². The normalized spacial score (nSPS) is 25.1. The summed E-state index contributed by atoms with van der Waals surface area (Å²) in [6.45, 7) is 1.93. The summed E-state index contributed by atoms with van der Waals surface area (Å²) in [6.07, 6.45) is 1.32. The van der Waals surface area contributed by atoms with Gasteiger partial charge in [0.25, 0.3) is 0 Å². The zero-order valence-electron chi connectivity index (χ0n) is 8.87. The second-order valence-corrected chi connectivity index (χ2v) is 6.08. The van der Waals surface area contributed by atoms with Gasteiger partial charge in [-0.3, -0.25) is 4.79 Å². The summed E-state index contributed by atoms with van der Waals surface area (Å²) in [5.41, 5.74) is 0.904. The van der Waals surface area contributed by atoms with Gasteiger partial charge in [0.2, 0.25) is 0 Å². The Kier molecular flexibility index (Phi) is 3.55. The summed E-state index contributed by atoms with van der Waals surface area (Å²) in [4.78, 5) is 11.4. The molecule has 0 bridgehead atoms. The van der Waals surface area contributed by atoms with Gasteiger partial charge in [0.15, 0.2) is 0 Å². The summed E-state index contributed by atoms with van der Waals surface area (Å²) in [6, 6.07) is 4.84. The van der Waals surface area contributed by atoms with E-state index in [1.807, 2.05) is 13.0 Å². The molecule has 0 aliphatic carbocycles. The molecule has 1 heterocycles. The number of hydrogen-bond acceptors (Lipinski definition) is 2. The average molecular weight is 259 g/mol. The number of benzene rings is 1. The summed E-state index contributed by atoms with van der Waals surface area (Å²) in [5, 5.41) is 0.512. The Morgan fingerprint density at radius 3 is 2.88 bits per heavy atom. The summed E-state index contributed by atoms with van der Waals surface area (Å²) in [7, 11) is 0. The topological polar surface area (TPSA) is 17.1 Å². The molecule has 4 heteroatoms. The van der Waals surface area contributed by atoms with Crippen LogP contribution in [0.1, 0.15) is 18.9 Å². The van der Waals surface area contributed by atoms with Gasteiger partial charge in [-0.25, -0.2) is 4.39 Å². The van der Waals surface area contributed by atoms with E-state index in [4.69, 9.17) is 11.6 Å². The van der Waals surface area contributed by atoms with Crippen LogP contribution < -0.4 is 0 Å². The predicted molar refractivity (Wildman–Crippen MR) is 65.6 cm³/mol. The third-order valence-electron chi connectivity index (χ3n) is 2.73. The molecule has 1 fully saturated rings. The number of rotatable bonds is 2. The van der Waals surface area contributed by atoms with Crippen molar-refractivity contribution in [1.29, 1.82) is 0 Å². The lowest BCUT2D eigenvalue weighted by molar-refractivity contribution is -0.117. The van der Waals surface area contributed by atoms with Crippen LogP contribution in [0.15, 0.2) is 18.2 Å². The van der Waals surface area contributed by atoms with Crippen molar-refractivity contribution in [3.63, 3.8) is 0 Å².